The molecule has 0 aliphatic heterocycles. The van der Waals surface area contributed by atoms with Gasteiger partial charge in [-0.2, -0.15) is 0 Å². The van der Waals surface area contributed by atoms with Crippen molar-refractivity contribution in [3.8, 4) is 0 Å². The van der Waals surface area contributed by atoms with Gasteiger partial charge in [-0.15, -0.1) is 13.2 Å². The summed E-state index contributed by atoms with van der Waals surface area (Å²) in [6.07, 6.45) is 3.86. The molecule has 0 aromatic heterocycles. The number of hydrogen-bond acceptors (Lipinski definition) is 1. The Morgan fingerprint density at radius 1 is 1.36 bits per heavy atom. The van der Waals surface area contributed by atoms with Crippen LogP contribution in [0, 0.1) is 0 Å². The van der Waals surface area contributed by atoms with E-state index in [9.17, 15) is 0 Å². The van der Waals surface area contributed by atoms with Crippen LogP contribution in [0.1, 0.15) is 0 Å². The van der Waals surface area contributed by atoms with Gasteiger partial charge >= 0.3 is 0 Å². The van der Waals surface area contributed by atoms with Gasteiger partial charge in [0.1, 0.15) is 0 Å². The van der Waals surface area contributed by atoms with Crippen LogP contribution in [0.5, 0.6) is 0 Å². The normalized spacial score (nSPS) is 11.6. The van der Waals surface area contributed by atoms with Gasteiger partial charge in [0, 0.05) is 5.54 Å². The van der Waals surface area contributed by atoms with Crippen LogP contribution >= 0.6 is 0 Å². The summed E-state index contributed by atoms with van der Waals surface area (Å²) >= 11 is 0. The van der Waals surface area contributed by atoms with Gasteiger partial charge in [0.2, 0.25) is 9.76 Å². The van der Waals surface area contributed by atoms with Gasteiger partial charge in [-0.1, -0.05) is 12.2 Å². The lowest BCUT2D eigenvalue weighted by molar-refractivity contribution is 0.587. The topological polar surface area (TPSA) is 9.23 Å². The zero-order valence-corrected chi connectivity index (χ0v) is 9.55. The molecular weight excluding hydrogens is 168 g/mol. The molecule has 1 nitrogen and oxygen atoms in total. The van der Waals surface area contributed by atoms with Gasteiger partial charge in [-0.3, -0.25) is 0 Å². The Hall–Kier alpha value is -0.126. The van der Waals surface area contributed by atoms with Crippen LogP contribution in [-0.2, 0) is 4.12 Å². The van der Waals surface area contributed by atoms with Crippen molar-refractivity contribution in [3.63, 3.8) is 0 Å². The molecule has 0 atom stereocenters. The van der Waals surface area contributed by atoms with Crippen LogP contribution in [0.15, 0.2) is 25.3 Å². The van der Waals surface area contributed by atoms with Crippen molar-refractivity contribution in [3.05, 3.63) is 25.3 Å². The molecule has 0 unspecified atom stereocenters. The first kappa shape index (κ1) is 10.9. The Kier molecular flexibility index (Phi) is 4.64. The first-order valence-electron chi connectivity index (χ1n) is 3.68. The molecule has 0 rings (SSSR count). The van der Waals surface area contributed by atoms with E-state index in [2.05, 4.69) is 32.8 Å². The molecule has 0 aromatic carbocycles. The third-order valence-corrected chi connectivity index (χ3v) is 6.67. The molecule has 0 aliphatic rings. The SMILES string of the molecule is C=CC(C=C)[Si](C)(C)O[Si]C. The third kappa shape index (κ3) is 3.18. The maximum absolute atomic E-state index is 5.70. The van der Waals surface area contributed by atoms with Crippen LogP contribution < -0.4 is 0 Å². The van der Waals surface area contributed by atoms with Gasteiger partial charge < -0.3 is 4.12 Å². The summed E-state index contributed by atoms with van der Waals surface area (Å²) in [4.78, 5) is 0. The highest BCUT2D eigenvalue weighted by molar-refractivity contribution is 6.77. The minimum absolute atomic E-state index is 0.370. The third-order valence-electron chi connectivity index (χ3n) is 1.68. The molecule has 11 heavy (non-hydrogen) atoms. The van der Waals surface area contributed by atoms with E-state index in [1.807, 2.05) is 12.2 Å². The molecule has 0 spiro atoms. The van der Waals surface area contributed by atoms with Crippen molar-refractivity contribution in [2.75, 3.05) is 0 Å². The summed E-state index contributed by atoms with van der Waals surface area (Å²) in [5.41, 5.74) is 0.370. The average Bonchev–Trinajstić information content (AvgIpc) is 1.89. The minimum Gasteiger partial charge on any atom is -0.456 e. The molecule has 0 bridgehead atoms. The monoisotopic (exact) mass is 184 g/mol. The van der Waals surface area contributed by atoms with E-state index >= 15 is 0 Å². The first-order chi connectivity index (χ1) is 5.08. The molecule has 62 valence electrons. The summed E-state index contributed by atoms with van der Waals surface area (Å²) < 4.78 is 5.70. The van der Waals surface area contributed by atoms with Crippen molar-refractivity contribution < 1.29 is 4.12 Å². The van der Waals surface area contributed by atoms with Crippen molar-refractivity contribution in [1.29, 1.82) is 0 Å². The zero-order valence-electron chi connectivity index (χ0n) is 7.55. The zero-order chi connectivity index (χ0) is 8.91. The van der Waals surface area contributed by atoms with Gasteiger partial charge in [-0.25, -0.2) is 0 Å². The van der Waals surface area contributed by atoms with Gasteiger partial charge in [0.25, 0.3) is 0 Å². The Morgan fingerprint density at radius 2 is 1.82 bits per heavy atom. The summed E-state index contributed by atoms with van der Waals surface area (Å²) in [6.45, 7) is 14.0. The standard InChI is InChI=1S/C8H16OSi2/c1-6-8(7-2)11(4,5)9-10-3/h6-8H,1-2H2,3-5H3. The van der Waals surface area contributed by atoms with Gasteiger partial charge in [-0.05, 0) is 19.6 Å². The lowest BCUT2D eigenvalue weighted by atomic mass is 10.4. The minimum atomic E-state index is -1.56. The van der Waals surface area contributed by atoms with Crippen LogP contribution in [0.2, 0.25) is 25.2 Å². The molecule has 0 N–H and O–H groups in total. The second-order valence-corrected chi connectivity index (χ2v) is 8.01. The summed E-state index contributed by atoms with van der Waals surface area (Å²) in [5.74, 6) is 0. The van der Waals surface area contributed by atoms with Crippen molar-refractivity contribution in [2.24, 2.45) is 0 Å². The quantitative estimate of drug-likeness (QED) is 0.471. The number of hydrogen-bond donors (Lipinski definition) is 0. The predicted molar refractivity (Wildman–Crippen MR) is 54.3 cm³/mol. The summed E-state index contributed by atoms with van der Waals surface area (Å²) in [5, 5.41) is 0. The molecule has 3 heteroatoms. The van der Waals surface area contributed by atoms with Crippen molar-refractivity contribution >= 4 is 18.1 Å². The fraction of sp³-hybridized carbons (Fsp3) is 0.500. The Labute approximate surface area is 73.2 Å². The van der Waals surface area contributed by atoms with E-state index in [0.29, 0.717) is 15.3 Å². The molecule has 0 aliphatic carbocycles. The largest absolute Gasteiger partial charge is 0.456 e. The highest BCUT2D eigenvalue weighted by Gasteiger charge is 2.28. The van der Waals surface area contributed by atoms with Crippen molar-refractivity contribution in [2.45, 2.75) is 25.2 Å². The van der Waals surface area contributed by atoms with E-state index in [1.165, 1.54) is 0 Å². The van der Waals surface area contributed by atoms with E-state index in [4.69, 9.17) is 4.12 Å². The van der Waals surface area contributed by atoms with Crippen LogP contribution in [0.3, 0.4) is 0 Å². The van der Waals surface area contributed by atoms with Crippen LogP contribution in [0.25, 0.3) is 0 Å². The molecule has 0 heterocycles. The van der Waals surface area contributed by atoms with Gasteiger partial charge in [0.05, 0.1) is 0 Å². The molecule has 0 saturated carbocycles. The number of rotatable bonds is 5. The number of allylic oxidation sites excluding steroid dienone is 2. The average molecular weight is 184 g/mol. The Balaban J connectivity index is 4.22. The Bertz CT molecular complexity index is 135. The van der Waals surface area contributed by atoms with E-state index in [1.54, 1.807) is 0 Å². The van der Waals surface area contributed by atoms with E-state index < -0.39 is 8.32 Å². The highest BCUT2D eigenvalue weighted by atomic mass is 28.4. The molecular formula is C8H16OSi2. The Morgan fingerprint density at radius 3 is 2.09 bits per heavy atom. The van der Waals surface area contributed by atoms with Crippen molar-refractivity contribution in [1.82, 2.24) is 0 Å². The lowest BCUT2D eigenvalue weighted by Gasteiger charge is -2.27. The van der Waals surface area contributed by atoms with Crippen LogP contribution in [-0.4, -0.2) is 18.1 Å². The fourth-order valence-corrected chi connectivity index (χ4v) is 4.78. The molecule has 0 fully saturated rings. The lowest BCUT2D eigenvalue weighted by Crippen LogP contribution is -2.35. The highest BCUT2D eigenvalue weighted by Crippen LogP contribution is 2.24. The van der Waals surface area contributed by atoms with E-state index in [-0.39, 0.29) is 0 Å². The fourth-order valence-electron chi connectivity index (χ4n) is 0.995. The molecule has 2 radical (unpaired) electrons. The van der Waals surface area contributed by atoms with Crippen LogP contribution in [0.4, 0.5) is 0 Å². The van der Waals surface area contributed by atoms with E-state index in [0.717, 1.165) is 0 Å². The van der Waals surface area contributed by atoms with Gasteiger partial charge in [0.15, 0.2) is 8.32 Å². The maximum atomic E-state index is 5.70. The second kappa shape index (κ2) is 4.69. The second-order valence-electron chi connectivity index (χ2n) is 2.91. The smallest absolute Gasteiger partial charge is 0.211 e. The summed E-state index contributed by atoms with van der Waals surface area (Å²) in [7, 11) is -0.982. The first-order valence-corrected chi connectivity index (χ1v) is 8.07. The molecule has 0 saturated heterocycles. The molecule has 0 aromatic rings. The molecule has 0 amide bonds. The predicted octanol–water partition coefficient (Wildman–Crippen LogP) is 2.62. The summed E-state index contributed by atoms with van der Waals surface area (Å²) in [6, 6.07) is 0. The maximum Gasteiger partial charge on any atom is 0.211 e.